The van der Waals surface area contributed by atoms with Gasteiger partial charge in [-0.15, -0.1) is 0 Å². The molecule has 1 unspecified atom stereocenters. The summed E-state index contributed by atoms with van der Waals surface area (Å²) in [6.45, 7) is 4.74. The van der Waals surface area contributed by atoms with Gasteiger partial charge in [0.05, 0.1) is 18.1 Å². The summed E-state index contributed by atoms with van der Waals surface area (Å²) in [6.07, 6.45) is 2.11. The lowest BCUT2D eigenvalue weighted by Gasteiger charge is -2.32. The number of rotatable bonds is 5. The van der Waals surface area contributed by atoms with Gasteiger partial charge in [-0.25, -0.2) is 8.42 Å². The molecule has 0 saturated carbocycles. The van der Waals surface area contributed by atoms with Gasteiger partial charge in [0, 0.05) is 18.2 Å². The quantitative estimate of drug-likeness (QED) is 0.780. The Morgan fingerprint density at radius 3 is 2.52 bits per heavy atom. The molecule has 0 aliphatic carbocycles. The van der Waals surface area contributed by atoms with Crippen molar-refractivity contribution in [3.8, 4) is 0 Å². The van der Waals surface area contributed by atoms with E-state index in [4.69, 9.17) is 0 Å². The van der Waals surface area contributed by atoms with Gasteiger partial charge in [0.25, 0.3) is 0 Å². The first-order valence-electron chi connectivity index (χ1n) is 7.48. The van der Waals surface area contributed by atoms with Crippen molar-refractivity contribution in [1.29, 1.82) is 0 Å². The maximum atomic E-state index is 12.3. The number of ketones is 1. The van der Waals surface area contributed by atoms with E-state index in [1.807, 2.05) is 36.1 Å². The van der Waals surface area contributed by atoms with E-state index in [0.29, 0.717) is 18.7 Å². The van der Waals surface area contributed by atoms with Crippen LogP contribution in [0, 0.1) is 0 Å². The van der Waals surface area contributed by atoms with Gasteiger partial charge in [-0.05, 0) is 18.9 Å². The van der Waals surface area contributed by atoms with Crippen molar-refractivity contribution in [3.05, 3.63) is 35.4 Å². The fraction of sp³-hybridized carbons (Fsp3) is 0.562. The summed E-state index contributed by atoms with van der Waals surface area (Å²) in [4.78, 5) is 14.3. The van der Waals surface area contributed by atoms with E-state index in [0.717, 1.165) is 12.8 Å². The van der Waals surface area contributed by atoms with Gasteiger partial charge in [0.15, 0.2) is 15.6 Å². The van der Waals surface area contributed by atoms with Crippen molar-refractivity contribution in [2.75, 3.05) is 24.6 Å². The van der Waals surface area contributed by atoms with Crippen LogP contribution in [0.4, 0.5) is 0 Å². The topological polar surface area (TPSA) is 54.5 Å². The van der Waals surface area contributed by atoms with Crippen LogP contribution < -0.4 is 0 Å². The fourth-order valence-electron chi connectivity index (χ4n) is 2.69. The van der Waals surface area contributed by atoms with Gasteiger partial charge < -0.3 is 0 Å². The molecule has 2 rings (SSSR count). The van der Waals surface area contributed by atoms with Crippen molar-refractivity contribution in [1.82, 2.24) is 4.90 Å². The number of sulfone groups is 1. The number of hydrogen-bond acceptors (Lipinski definition) is 4. The predicted molar refractivity (Wildman–Crippen MR) is 84.5 cm³/mol. The van der Waals surface area contributed by atoms with E-state index in [2.05, 4.69) is 6.92 Å². The number of carbonyl (C=O) groups excluding carboxylic acids is 1. The van der Waals surface area contributed by atoms with Crippen LogP contribution in [0.5, 0.6) is 0 Å². The van der Waals surface area contributed by atoms with Crippen LogP contribution in [0.3, 0.4) is 0 Å². The van der Waals surface area contributed by atoms with E-state index in [-0.39, 0.29) is 23.3 Å². The summed E-state index contributed by atoms with van der Waals surface area (Å²) in [5.74, 6) is 0.361. The Labute approximate surface area is 127 Å². The Balaban J connectivity index is 1.98. The Bertz CT molecular complexity index is 592. The zero-order valence-corrected chi connectivity index (χ0v) is 13.5. The molecule has 1 aliphatic heterocycles. The normalized spacial score (nSPS) is 22.1. The lowest BCUT2D eigenvalue weighted by Crippen LogP contribution is -2.48. The van der Waals surface area contributed by atoms with E-state index in [9.17, 15) is 13.2 Å². The lowest BCUT2D eigenvalue weighted by atomic mass is 10.0. The number of carbonyl (C=O) groups is 1. The summed E-state index contributed by atoms with van der Waals surface area (Å²) in [6, 6.07) is 7.66. The molecule has 1 atom stereocenters. The van der Waals surface area contributed by atoms with Crippen LogP contribution in [0.15, 0.2) is 24.3 Å². The van der Waals surface area contributed by atoms with Gasteiger partial charge in [0.1, 0.15) is 0 Å². The van der Waals surface area contributed by atoms with Crippen LogP contribution in [0.25, 0.3) is 0 Å². The minimum Gasteiger partial charge on any atom is -0.293 e. The van der Waals surface area contributed by atoms with E-state index in [1.165, 1.54) is 5.56 Å². The second kappa shape index (κ2) is 6.71. The number of Topliss-reactive ketones (excluding diaryl/α,β-unsaturated/α-hetero) is 1. The summed E-state index contributed by atoms with van der Waals surface area (Å²) < 4.78 is 23.1. The Morgan fingerprint density at radius 2 is 1.95 bits per heavy atom. The molecule has 0 aromatic heterocycles. The van der Waals surface area contributed by atoms with Crippen molar-refractivity contribution in [3.63, 3.8) is 0 Å². The molecule has 5 heteroatoms. The monoisotopic (exact) mass is 309 g/mol. The average molecular weight is 309 g/mol. The molecule has 116 valence electrons. The molecule has 1 heterocycles. The number of benzene rings is 1. The molecule has 0 bridgehead atoms. The minimum absolute atomic E-state index is 0.0594. The molecule has 1 saturated heterocycles. The molecule has 21 heavy (non-hydrogen) atoms. The SMILES string of the molecule is CCCc1ccc(C(=O)CN2CCS(=O)(=O)CC2C)cc1. The standard InChI is InChI=1S/C16H23NO3S/c1-3-4-14-5-7-15(8-6-14)16(18)11-17-9-10-21(19,20)12-13(17)2/h5-8,13H,3-4,9-12H2,1-2H3. The molecule has 0 amide bonds. The first-order chi connectivity index (χ1) is 9.91. The zero-order valence-electron chi connectivity index (χ0n) is 12.7. The van der Waals surface area contributed by atoms with Gasteiger partial charge >= 0.3 is 0 Å². The smallest absolute Gasteiger partial charge is 0.176 e. The van der Waals surface area contributed by atoms with Gasteiger partial charge in [0.2, 0.25) is 0 Å². The number of hydrogen-bond donors (Lipinski definition) is 0. The summed E-state index contributed by atoms with van der Waals surface area (Å²) in [7, 11) is -2.93. The van der Waals surface area contributed by atoms with E-state index >= 15 is 0 Å². The van der Waals surface area contributed by atoms with Crippen molar-refractivity contribution < 1.29 is 13.2 Å². The molecule has 1 aliphatic rings. The molecular formula is C16H23NO3S. The highest BCUT2D eigenvalue weighted by Gasteiger charge is 2.29. The van der Waals surface area contributed by atoms with Crippen LogP contribution in [-0.2, 0) is 16.3 Å². The van der Waals surface area contributed by atoms with E-state index in [1.54, 1.807) is 0 Å². The molecule has 1 aromatic rings. The first kappa shape index (κ1) is 16.2. The van der Waals surface area contributed by atoms with Crippen molar-refractivity contribution in [2.45, 2.75) is 32.7 Å². The third-order valence-electron chi connectivity index (χ3n) is 3.97. The highest BCUT2D eigenvalue weighted by atomic mass is 32.2. The highest BCUT2D eigenvalue weighted by Crippen LogP contribution is 2.13. The number of nitrogens with zero attached hydrogens (tertiary/aromatic N) is 1. The minimum atomic E-state index is -2.93. The lowest BCUT2D eigenvalue weighted by molar-refractivity contribution is 0.0908. The predicted octanol–water partition coefficient (Wildman–Crippen LogP) is 1.94. The highest BCUT2D eigenvalue weighted by molar-refractivity contribution is 7.91. The maximum Gasteiger partial charge on any atom is 0.176 e. The average Bonchev–Trinajstić information content (AvgIpc) is 2.42. The first-order valence-corrected chi connectivity index (χ1v) is 9.30. The van der Waals surface area contributed by atoms with Crippen LogP contribution >= 0.6 is 0 Å². The zero-order chi connectivity index (χ0) is 15.5. The molecule has 4 nitrogen and oxygen atoms in total. The Morgan fingerprint density at radius 1 is 1.29 bits per heavy atom. The molecule has 0 radical (unpaired) electrons. The third-order valence-corrected chi connectivity index (χ3v) is 5.76. The summed E-state index contributed by atoms with van der Waals surface area (Å²) >= 11 is 0. The van der Waals surface area contributed by atoms with Crippen molar-refractivity contribution in [2.24, 2.45) is 0 Å². The second-order valence-electron chi connectivity index (χ2n) is 5.80. The molecule has 0 N–H and O–H groups in total. The van der Waals surface area contributed by atoms with Gasteiger partial charge in [-0.1, -0.05) is 37.6 Å². The Kier molecular flexibility index (Phi) is 5.17. The summed E-state index contributed by atoms with van der Waals surface area (Å²) in [5.41, 5.74) is 1.95. The maximum absolute atomic E-state index is 12.3. The van der Waals surface area contributed by atoms with Gasteiger partial charge in [-0.3, -0.25) is 9.69 Å². The molecule has 1 fully saturated rings. The molecular weight excluding hydrogens is 286 g/mol. The van der Waals surface area contributed by atoms with Crippen molar-refractivity contribution >= 4 is 15.6 Å². The van der Waals surface area contributed by atoms with Crippen LogP contribution in [0.2, 0.25) is 0 Å². The van der Waals surface area contributed by atoms with E-state index < -0.39 is 9.84 Å². The van der Waals surface area contributed by atoms with Crippen LogP contribution in [0.1, 0.15) is 36.2 Å². The van der Waals surface area contributed by atoms with Gasteiger partial charge in [-0.2, -0.15) is 0 Å². The summed E-state index contributed by atoms with van der Waals surface area (Å²) in [5, 5.41) is 0. The largest absolute Gasteiger partial charge is 0.293 e. The third kappa shape index (κ3) is 4.38. The molecule has 1 aromatic carbocycles. The van der Waals surface area contributed by atoms with Crippen LogP contribution in [-0.4, -0.2) is 49.7 Å². The number of aryl methyl sites for hydroxylation is 1. The second-order valence-corrected chi connectivity index (χ2v) is 8.03. The molecule has 0 spiro atoms. The Hall–Kier alpha value is -1.20. The fourth-order valence-corrected chi connectivity index (χ4v) is 4.31.